The molecule has 1 aliphatic heterocycles. The van der Waals surface area contributed by atoms with E-state index in [1.54, 1.807) is 6.07 Å². The molecule has 2 aliphatic rings. The molecule has 9 nitrogen and oxygen atoms in total. The Balaban J connectivity index is 1.77. The highest BCUT2D eigenvalue weighted by Gasteiger charge is 2.67. The third-order valence-corrected chi connectivity index (χ3v) is 5.44. The van der Waals surface area contributed by atoms with Crippen LogP contribution in [0.1, 0.15) is 12.0 Å². The van der Waals surface area contributed by atoms with Crippen molar-refractivity contribution in [1.29, 1.82) is 0 Å². The SMILES string of the molecule is COc1cc(CS[C@H]2C[C@@]23NC(=O)OC3=O)c([N+](=O)[O-])cc1OC. The lowest BCUT2D eigenvalue weighted by molar-refractivity contribution is -0.385. The molecular weight excluding hydrogens is 340 g/mol. The van der Waals surface area contributed by atoms with Crippen LogP contribution in [0.5, 0.6) is 11.5 Å². The third-order valence-electron chi connectivity index (χ3n) is 3.99. The Labute approximate surface area is 140 Å². The predicted molar refractivity (Wildman–Crippen MR) is 83.3 cm³/mol. The van der Waals surface area contributed by atoms with Crippen LogP contribution in [0.3, 0.4) is 0 Å². The molecule has 0 unspecified atom stereocenters. The lowest BCUT2D eigenvalue weighted by atomic mass is 10.2. The van der Waals surface area contributed by atoms with Crippen molar-refractivity contribution in [1.82, 2.24) is 5.32 Å². The van der Waals surface area contributed by atoms with Crippen molar-refractivity contribution in [2.24, 2.45) is 0 Å². The van der Waals surface area contributed by atoms with Crippen molar-refractivity contribution >= 4 is 29.5 Å². The Morgan fingerprint density at radius 2 is 2.04 bits per heavy atom. The Kier molecular flexibility index (Phi) is 3.99. The summed E-state index contributed by atoms with van der Waals surface area (Å²) in [6, 6.07) is 2.85. The van der Waals surface area contributed by atoms with Gasteiger partial charge in [-0.3, -0.25) is 10.1 Å². The van der Waals surface area contributed by atoms with Gasteiger partial charge in [0.25, 0.3) is 5.69 Å². The van der Waals surface area contributed by atoms with E-state index in [1.807, 2.05) is 0 Å². The van der Waals surface area contributed by atoms with Crippen molar-refractivity contribution in [2.45, 2.75) is 23.0 Å². The monoisotopic (exact) mass is 354 g/mol. The quantitative estimate of drug-likeness (QED) is 0.354. The number of amides is 1. The highest BCUT2D eigenvalue weighted by molar-refractivity contribution is 7.99. The van der Waals surface area contributed by atoms with E-state index in [0.29, 0.717) is 17.7 Å². The minimum Gasteiger partial charge on any atom is -0.493 e. The average molecular weight is 354 g/mol. The van der Waals surface area contributed by atoms with Gasteiger partial charge in [0, 0.05) is 16.6 Å². The van der Waals surface area contributed by atoms with Gasteiger partial charge < -0.3 is 19.5 Å². The fourth-order valence-corrected chi connectivity index (χ4v) is 4.03. The van der Waals surface area contributed by atoms with Crippen molar-refractivity contribution in [3.8, 4) is 11.5 Å². The van der Waals surface area contributed by atoms with Gasteiger partial charge in [0.15, 0.2) is 17.0 Å². The van der Waals surface area contributed by atoms with Gasteiger partial charge in [-0.1, -0.05) is 0 Å². The molecule has 128 valence electrons. The van der Waals surface area contributed by atoms with E-state index in [0.717, 1.165) is 0 Å². The zero-order valence-corrected chi connectivity index (χ0v) is 13.7. The smallest absolute Gasteiger partial charge is 0.415 e. The Bertz CT molecular complexity index is 738. The molecule has 0 radical (unpaired) electrons. The maximum Gasteiger partial charge on any atom is 0.415 e. The molecule has 0 aromatic heterocycles. The highest BCUT2D eigenvalue weighted by Crippen LogP contribution is 2.50. The lowest BCUT2D eigenvalue weighted by Crippen LogP contribution is -2.34. The molecule has 1 N–H and O–H groups in total. The number of methoxy groups -OCH3 is 2. The number of hydrogen-bond acceptors (Lipinski definition) is 8. The van der Waals surface area contributed by atoms with E-state index >= 15 is 0 Å². The fourth-order valence-electron chi connectivity index (χ4n) is 2.60. The molecule has 1 amide bonds. The number of carbonyl (C=O) groups is 2. The van der Waals surface area contributed by atoms with E-state index in [1.165, 1.54) is 32.0 Å². The number of cyclic esters (lactones) is 2. The molecule has 1 aromatic rings. The minimum atomic E-state index is -0.979. The van der Waals surface area contributed by atoms with E-state index in [4.69, 9.17) is 9.47 Å². The van der Waals surface area contributed by atoms with Gasteiger partial charge in [-0.25, -0.2) is 9.59 Å². The van der Waals surface area contributed by atoms with Crippen LogP contribution in [0, 0.1) is 10.1 Å². The van der Waals surface area contributed by atoms with Crippen LogP contribution in [0.4, 0.5) is 10.5 Å². The molecule has 10 heteroatoms. The second kappa shape index (κ2) is 5.86. The van der Waals surface area contributed by atoms with Gasteiger partial charge >= 0.3 is 12.1 Å². The molecule has 24 heavy (non-hydrogen) atoms. The van der Waals surface area contributed by atoms with Crippen LogP contribution in [0.25, 0.3) is 0 Å². The standard InChI is InChI=1S/C14H14N2O7S/c1-21-9-3-7(8(16(19)20)4-10(9)22-2)6-24-11-5-14(11)12(17)23-13(18)15-14/h3-4,11H,5-6H2,1-2H3,(H,15,18)/t11-,14+/m0/s1. The number of nitro groups is 1. The second-order valence-electron chi connectivity index (χ2n) is 5.37. The molecule has 3 rings (SSSR count). The number of benzene rings is 1. The number of esters is 1. The molecule has 2 fully saturated rings. The molecular formula is C14H14N2O7S. The number of hydrogen-bond donors (Lipinski definition) is 1. The molecule has 0 bridgehead atoms. The number of carbonyl (C=O) groups excluding carboxylic acids is 2. The van der Waals surface area contributed by atoms with Crippen LogP contribution in [0.15, 0.2) is 12.1 Å². The third kappa shape index (κ3) is 2.62. The average Bonchev–Trinajstić information content (AvgIpc) is 3.17. The number of rotatable bonds is 6. The van der Waals surface area contributed by atoms with Crippen LogP contribution >= 0.6 is 11.8 Å². The molecule has 1 heterocycles. The van der Waals surface area contributed by atoms with Crippen molar-refractivity contribution in [3.63, 3.8) is 0 Å². The number of nitrogens with one attached hydrogen (secondary N) is 1. The fraction of sp³-hybridized carbons (Fsp3) is 0.429. The molecule has 1 aromatic carbocycles. The summed E-state index contributed by atoms with van der Waals surface area (Å²) < 4.78 is 14.8. The first-order chi connectivity index (χ1) is 11.4. The van der Waals surface area contributed by atoms with Crippen LogP contribution in [-0.4, -0.2) is 42.0 Å². The van der Waals surface area contributed by atoms with Gasteiger partial charge in [-0.15, -0.1) is 0 Å². The van der Waals surface area contributed by atoms with Gasteiger partial charge in [0.1, 0.15) is 0 Å². The van der Waals surface area contributed by atoms with Crippen molar-refractivity contribution in [3.05, 3.63) is 27.8 Å². The summed E-state index contributed by atoms with van der Waals surface area (Å²) in [6.45, 7) is 0. The molecule has 1 spiro atoms. The van der Waals surface area contributed by atoms with Crippen LogP contribution < -0.4 is 14.8 Å². The summed E-state index contributed by atoms with van der Waals surface area (Å²) in [5.41, 5.74) is -0.622. The minimum absolute atomic E-state index is 0.0899. The highest BCUT2D eigenvalue weighted by atomic mass is 32.2. The largest absolute Gasteiger partial charge is 0.493 e. The molecule has 1 saturated heterocycles. The Morgan fingerprint density at radius 3 is 2.58 bits per heavy atom. The van der Waals surface area contributed by atoms with Crippen molar-refractivity contribution < 1.29 is 28.7 Å². The number of thioether (sulfide) groups is 1. The zero-order valence-electron chi connectivity index (χ0n) is 12.9. The van der Waals surface area contributed by atoms with Gasteiger partial charge in [0.2, 0.25) is 0 Å². The zero-order chi connectivity index (χ0) is 17.5. The topological polar surface area (TPSA) is 117 Å². The van der Waals surface area contributed by atoms with Crippen molar-refractivity contribution in [2.75, 3.05) is 14.2 Å². The van der Waals surface area contributed by atoms with E-state index in [-0.39, 0.29) is 22.4 Å². The maximum atomic E-state index is 11.7. The van der Waals surface area contributed by atoms with Gasteiger partial charge in [0.05, 0.1) is 25.2 Å². The Morgan fingerprint density at radius 1 is 1.38 bits per heavy atom. The number of nitrogens with zero attached hydrogens (tertiary/aromatic N) is 1. The predicted octanol–water partition coefficient (Wildman–Crippen LogP) is 1.62. The second-order valence-corrected chi connectivity index (χ2v) is 6.56. The van der Waals surface area contributed by atoms with E-state index < -0.39 is 22.5 Å². The normalized spacial score (nSPS) is 24.5. The summed E-state index contributed by atoms with van der Waals surface area (Å²) in [6.07, 6.45) is -0.302. The summed E-state index contributed by atoms with van der Waals surface area (Å²) in [5.74, 6) is 0.351. The summed E-state index contributed by atoms with van der Waals surface area (Å²) in [4.78, 5) is 33.6. The van der Waals surface area contributed by atoms with Gasteiger partial charge in [-0.2, -0.15) is 11.8 Å². The number of ether oxygens (including phenoxy) is 3. The van der Waals surface area contributed by atoms with Crippen LogP contribution in [0.2, 0.25) is 0 Å². The molecule has 1 saturated carbocycles. The summed E-state index contributed by atoms with van der Waals surface area (Å²) >= 11 is 1.35. The lowest BCUT2D eigenvalue weighted by Gasteiger charge is -2.11. The maximum absolute atomic E-state index is 11.7. The summed E-state index contributed by atoms with van der Waals surface area (Å²) in [7, 11) is 2.85. The molecule has 1 aliphatic carbocycles. The van der Waals surface area contributed by atoms with Gasteiger partial charge in [-0.05, 0) is 12.5 Å². The van der Waals surface area contributed by atoms with E-state index in [9.17, 15) is 19.7 Å². The van der Waals surface area contributed by atoms with E-state index in [2.05, 4.69) is 10.1 Å². The first kappa shape index (κ1) is 16.4. The molecule has 2 atom stereocenters. The number of alkyl carbamates (subject to hydrolysis) is 1. The summed E-state index contributed by atoms with van der Waals surface area (Å²) in [5, 5.41) is 13.6. The first-order valence-electron chi connectivity index (χ1n) is 6.96. The first-order valence-corrected chi connectivity index (χ1v) is 8.01. The van der Waals surface area contributed by atoms with Crippen LogP contribution in [-0.2, 0) is 15.3 Å². The number of nitro benzene ring substituents is 1. The Hall–Kier alpha value is -2.49.